The van der Waals surface area contributed by atoms with Crippen LogP contribution in [0.4, 0.5) is 0 Å². The third-order valence-corrected chi connectivity index (χ3v) is 7.26. The van der Waals surface area contributed by atoms with Crippen molar-refractivity contribution in [3.8, 4) is 10.4 Å². The lowest BCUT2D eigenvalue weighted by Gasteiger charge is -2.32. The number of likely N-dealkylation sites (N-methyl/N-ethyl adjacent to an activating group) is 1. The second-order valence-electron chi connectivity index (χ2n) is 8.58. The molecule has 2 fully saturated rings. The van der Waals surface area contributed by atoms with Crippen LogP contribution in [0.2, 0.25) is 0 Å². The molecule has 2 aromatic rings. The van der Waals surface area contributed by atoms with Gasteiger partial charge in [-0.05, 0) is 38.7 Å². The highest BCUT2D eigenvalue weighted by atomic mass is 32.1. The van der Waals surface area contributed by atoms with E-state index in [2.05, 4.69) is 4.98 Å². The van der Waals surface area contributed by atoms with Crippen LogP contribution in [0, 0.1) is 0 Å². The molecule has 0 bridgehead atoms. The molecule has 1 amide bonds. The van der Waals surface area contributed by atoms with Gasteiger partial charge in [0, 0.05) is 26.2 Å². The monoisotopic (exact) mass is 400 g/mol. The fourth-order valence-electron chi connectivity index (χ4n) is 3.47. The molecular formula is C20H25BN2O4S. The minimum atomic E-state index is -1.51. The standard InChI is InChI=1S/C20H25BN2O4S/c1-18(2)19(3,4)27-21(26-18)14-8-6-7-13(11-14)15-12-22-16(28-15)20(25)9-10-23(5)17(20)24/h6-8,11-12,25H,9-10H2,1-5H3/t20-/m0/s1. The highest BCUT2D eigenvalue weighted by molar-refractivity contribution is 7.15. The Balaban J connectivity index is 1.62. The van der Waals surface area contributed by atoms with E-state index in [9.17, 15) is 9.90 Å². The van der Waals surface area contributed by atoms with E-state index < -0.39 is 23.9 Å². The van der Waals surface area contributed by atoms with Crippen LogP contribution in [0.5, 0.6) is 0 Å². The van der Waals surface area contributed by atoms with Crippen molar-refractivity contribution in [3.63, 3.8) is 0 Å². The summed E-state index contributed by atoms with van der Waals surface area (Å²) in [6.45, 7) is 8.65. The van der Waals surface area contributed by atoms with Gasteiger partial charge in [-0.2, -0.15) is 0 Å². The van der Waals surface area contributed by atoms with Gasteiger partial charge in [0.2, 0.25) is 0 Å². The van der Waals surface area contributed by atoms with Gasteiger partial charge in [-0.3, -0.25) is 4.79 Å². The number of rotatable bonds is 3. The minimum Gasteiger partial charge on any atom is -0.399 e. The number of carbonyl (C=O) groups is 1. The summed E-state index contributed by atoms with van der Waals surface area (Å²) < 4.78 is 12.3. The quantitative estimate of drug-likeness (QED) is 0.800. The Kier molecular flexibility index (Phi) is 4.46. The molecule has 1 atom stereocenters. The molecule has 3 heterocycles. The molecule has 28 heavy (non-hydrogen) atoms. The first-order valence-electron chi connectivity index (χ1n) is 9.44. The largest absolute Gasteiger partial charge is 0.494 e. The normalized spacial score (nSPS) is 26.3. The van der Waals surface area contributed by atoms with Gasteiger partial charge < -0.3 is 19.3 Å². The maximum Gasteiger partial charge on any atom is 0.494 e. The number of hydrogen-bond donors (Lipinski definition) is 1. The van der Waals surface area contributed by atoms with Gasteiger partial charge in [-0.1, -0.05) is 24.3 Å². The van der Waals surface area contributed by atoms with Crippen LogP contribution in [0.15, 0.2) is 30.5 Å². The molecule has 0 saturated carbocycles. The van der Waals surface area contributed by atoms with E-state index in [1.54, 1.807) is 18.1 Å². The third-order valence-electron chi connectivity index (χ3n) is 6.07. The van der Waals surface area contributed by atoms with Gasteiger partial charge in [0.25, 0.3) is 5.91 Å². The fourth-order valence-corrected chi connectivity index (χ4v) is 4.49. The zero-order valence-electron chi connectivity index (χ0n) is 16.9. The van der Waals surface area contributed by atoms with Crippen molar-refractivity contribution < 1.29 is 19.2 Å². The molecule has 1 aromatic carbocycles. The number of amides is 1. The van der Waals surface area contributed by atoms with E-state index in [1.165, 1.54) is 11.3 Å². The van der Waals surface area contributed by atoms with Crippen LogP contribution >= 0.6 is 11.3 Å². The molecule has 0 radical (unpaired) electrons. The SMILES string of the molecule is CN1CC[C@](O)(c2ncc(-c3cccc(B4OC(C)(C)C(C)(C)O4)c3)s2)C1=O. The molecule has 2 aliphatic heterocycles. The zero-order chi connectivity index (χ0) is 20.3. The minimum absolute atomic E-state index is 0.292. The lowest BCUT2D eigenvalue weighted by Crippen LogP contribution is -2.41. The van der Waals surface area contributed by atoms with Crippen molar-refractivity contribution in [2.75, 3.05) is 13.6 Å². The Morgan fingerprint density at radius 3 is 2.50 bits per heavy atom. The van der Waals surface area contributed by atoms with E-state index in [0.717, 1.165) is 15.9 Å². The van der Waals surface area contributed by atoms with Crippen molar-refractivity contribution >= 4 is 29.8 Å². The summed E-state index contributed by atoms with van der Waals surface area (Å²) in [6, 6.07) is 7.94. The molecule has 0 spiro atoms. The first-order valence-corrected chi connectivity index (χ1v) is 10.3. The lowest BCUT2D eigenvalue weighted by molar-refractivity contribution is -0.143. The van der Waals surface area contributed by atoms with E-state index in [4.69, 9.17) is 9.31 Å². The van der Waals surface area contributed by atoms with Gasteiger partial charge in [-0.15, -0.1) is 11.3 Å². The van der Waals surface area contributed by atoms with Crippen LogP contribution in [0.1, 0.15) is 39.1 Å². The number of thiazole rings is 1. The van der Waals surface area contributed by atoms with E-state index in [1.807, 2.05) is 52.0 Å². The molecule has 1 N–H and O–H groups in total. The summed E-state index contributed by atoms with van der Waals surface area (Å²) in [5.74, 6) is -0.292. The van der Waals surface area contributed by atoms with Crippen LogP contribution in [0.3, 0.4) is 0 Å². The summed E-state index contributed by atoms with van der Waals surface area (Å²) in [7, 11) is 1.26. The average Bonchev–Trinajstić information content (AvgIpc) is 3.29. The highest BCUT2D eigenvalue weighted by Crippen LogP contribution is 2.39. The van der Waals surface area contributed by atoms with Gasteiger partial charge in [0.05, 0.1) is 16.1 Å². The first kappa shape index (κ1) is 19.6. The molecule has 6 nitrogen and oxygen atoms in total. The molecule has 2 aliphatic rings. The molecule has 148 valence electrons. The number of nitrogens with zero attached hydrogens (tertiary/aromatic N) is 2. The molecule has 4 rings (SSSR count). The van der Waals surface area contributed by atoms with E-state index in [-0.39, 0.29) is 5.91 Å². The predicted molar refractivity (Wildman–Crippen MR) is 109 cm³/mol. The average molecular weight is 400 g/mol. The van der Waals surface area contributed by atoms with Crippen LogP contribution in [-0.4, -0.2) is 52.8 Å². The predicted octanol–water partition coefficient (Wildman–Crippen LogP) is 2.16. The van der Waals surface area contributed by atoms with Crippen LogP contribution in [-0.2, 0) is 19.7 Å². The maximum absolute atomic E-state index is 12.3. The number of benzene rings is 1. The Labute approximate surface area is 169 Å². The Morgan fingerprint density at radius 1 is 1.21 bits per heavy atom. The zero-order valence-corrected chi connectivity index (χ0v) is 17.7. The maximum atomic E-state index is 12.3. The summed E-state index contributed by atoms with van der Waals surface area (Å²) in [4.78, 5) is 19.1. The van der Waals surface area contributed by atoms with Crippen molar-refractivity contribution in [1.29, 1.82) is 0 Å². The molecule has 2 saturated heterocycles. The van der Waals surface area contributed by atoms with Crippen molar-refractivity contribution in [2.24, 2.45) is 0 Å². The summed E-state index contributed by atoms with van der Waals surface area (Å²) in [5, 5.41) is 11.3. The Morgan fingerprint density at radius 2 is 1.89 bits per heavy atom. The molecule has 0 unspecified atom stereocenters. The number of aliphatic hydroxyl groups is 1. The summed E-state index contributed by atoms with van der Waals surface area (Å²) in [5.41, 5.74) is -0.423. The highest BCUT2D eigenvalue weighted by Gasteiger charge is 2.52. The number of likely N-dealkylation sites (tertiary alicyclic amines) is 1. The van der Waals surface area contributed by atoms with Gasteiger partial charge in [0.15, 0.2) is 5.60 Å². The van der Waals surface area contributed by atoms with E-state index in [0.29, 0.717) is 18.0 Å². The number of hydrogen-bond acceptors (Lipinski definition) is 6. The molecule has 0 aliphatic carbocycles. The Hall–Kier alpha value is -1.74. The fraction of sp³-hybridized carbons (Fsp3) is 0.500. The number of carbonyl (C=O) groups excluding carboxylic acids is 1. The van der Waals surface area contributed by atoms with E-state index >= 15 is 0 Å². The van der Waals surface area contributed by atoms with Gasteiger partial charge in [-0.25, -0.2) is 4.98 Å². The van der Waals surface area contributed by atoms with Gasteiger partial charge in [0.1, 0.15) is 5.01 Å². The van der Waals surface area contributed by atoms with Crippen molar-refractivity contribution in [1.82, 2.24) is 9.88 Å². The molecule has 1 aromatic heterocycles. The topological polar surface area (TPSA) is 71.9 Å². The Bertz CT molecular complexity index is 912. The second-order valence-corrected chi connectivity index (χ2v) is 9.61. The van der Waals surface area contributed by atoms with Crippen molar-refractivity contribution in [2.45, 2.75) is 50.9 Å². The van der Waals surface area contributed by atoms with Crippen LogP contribution < -0.4 is 5.46 Å². The lowest BCUT2D eigenvalue weighted by atomic mass is 9.78. The van der Waals surface area contributed by atoms with Gasteiger partial charge >= 0.3 is 7.12 Å². The smallest absolute Gasteiger partial charge is 0.399 e. The van der Waals surface area contributed by atoms with Crippen molar-refractivity contribution in [3.05, 3.63) is 35.5 Å². The third kappa shape index (κ3) is 2.99. The second kappa shape index (κ2) is 6.39. The van der Waals surface area contributed by atoms with Crippen LogP contribution in [0.25, 0.3) is 10.4 Å². The molecular weight excluding hydrogens is 375 g/mol. The summed E-state index contributed by atoms with van der Waals surface area (Å²) in [6.07, 6.45) is 2.08. The summed E-state index contributed by atoms with van der Waals surface area (Å²) >= 11 is 1.35. The number of aromatic nitrogens is 1. The first-order chi connectivity index (χ1) is 13.0. The molecule has 8 heteroatoms.